The molecule has 2 aromatic rings. The van der Waals surface area contributed by atoms with Crippen LogP contribution in [0.4, 0.5) is 13.2 Å². The van der Waals surface area contributed by atoms with E-state index in [4.69, 9.17) is 16.3 Å². The highest BCUT2D eigenvalue weighted by Crippen LogP contribution is 2.29. The van der Waals surface area contributed by atoms with E-state index in [1.807, 2.05) is 4.90 Å². The Morgan fingerprint density at radius 1 is 1.41 bits per heavy atom. The summed E-state index contributed by atoms with van der Waals surface area (Å²) in [5, 5.41) is 4.92. The number of likely N-dealkylation sites (N-methyl/N-ethyl adjacent to an activating group) is 1. The van der Waals surface area contributed by atoms with Crippen LogP contribution in [0.3, 0.4) is 0 Å². The summed E-state index contributed by atoms with van der Waals surface area (Å²) in [7, 11) is 3.40. The summed E-state index contributed by atoms with van der Waals surface area (Å²) in [4.78, 5) is 9.49. The number of benzene rings is 1. The third kappa shape index (κ3) is 7.70. The number of hydrogen-bond donors (Lipinski definition) is 1. The maximum atomic E-state index is 12.6. The van der Waals surface area contributed by atoms with Gasteiger partial charge in [-0.25, -0.2) is 4.98 Å². The normalized spacial score (nSPS) is 11.7. The molecule has 0 aliphatic carbocycles. The lowest BCUT2D eigenvalue weighted by molar-refractivity contribution is -0.140. The van der Waals surface area contributed by atoms with E-state index in [0.717, 1.165) is 16.7 Å². The Kier molecular flexibility index (Phi) is 9.60. The highest BCUT2D eigenvalue weighted by atomic mass is 127. The van der Waals surface area contributed by atoms with Crippen molar-refractivity contribution in [2.24, 2.45) is 4.99 Å². The number of nitrogens with one attached hydrogen (secondary N) is 1. The Morgan fingerprint density at radius 2 is 2.15 bits per heavy atom. The number of nitrogens with zero attached hydrogens (tertiary/aromatic N) is 3. The molecular weight excluding hydrogens is 516 g/mol. The molecule has 1 aromatic heterocycles. The molecule has 0 radical (unpaired) electrons. The van der Waals surface area contributed by atoms with Crippen molar-refractivity contribution in [3.05, 3.63) is 45.4 Å². The minimum Gasteiger partial charge on any atom is -0.492 e. The molecule has 11 heteroatoms. The summed E-state index contributed by atoms with van der Waals surface area (Å²) >= 11 is 6.85. The molecule has 2 rings (SSSR count). The van der Waals surface area contributed by atoms with E-state index in [0.29, 0.717) is 34.9 Å². The molecule has 5 nitrogen and oxygen atoms in total. The van der Waals surface area contributed by atoms with Crippen molar-refractivity contribution in [2.45, 2.75) is 12.7 Å². The number of alkyl halides is 3. The number of aromatic nitrogens is 1. The molecule has 0 atom stereocenters. The van der Waals surface area contributed by atoms with Crippen molar-refractivity contribution in [2.75, 3.05) is 27.2 Å². The molecule has 1 N–H and O–H groups in total. The number of halogens is 5. The monoisotopic (exact) mass is 534 g/mol. The van der Waals surface area contributed by atoms with Gasteiger partial charge in [-0.15, -0.1) is 35.3 Å². The van der Waals surface area contributed by atoms with Gasteiger partial charge < -0.3 is 15.0 Å². The number of rotatable bonds is 6. The van der Waals surface area contributed by atoms with Crippen molar-refractivity contribution in [1.29, 1.82) is 0 Å². The quantitative estimate of drug-likeness (QED) is 0.336. The van der Waals surface area contributed by atoms with Crippen LogP contribution in [0.2, 0.25) is 5.02 Å². The van der Waals surface area contributed by atoms with Crippen LogP contribution in [0.25, 0.3) is 0 Å². The van der Waals surface area contributed by atoms with E-state index in [1.165, 1.54) is 0 Å². The van der Waals surface area contributed by atoms with Crippen molar-refractivity contribution < 1.29 is 17.9 Å². The molecule has 0 fully saturated rings. The average Bonchev–Trinajstić information content (AvgIpc) is 3.05. The Bertz CT molecular complexity index is 757. The van der Waals surface area contributed by atoms with Gasteiger partial charge in [-0.1, -0.05) is 17.7 Å². The standard InChI is InChI=1S/C16H18ClF3N4OS.HI/c1-21-15(22-9-14-23-13(10-26-14)16(18,19)20)24(2)6-7-25-12-5-3-4-11(17)8-12;/h3-5,8,10H,6-7,9H2,1-2H3,(H,21,22);1H. The molecular formula is C16H19ClF3IN4OS. The lowest BCUT2D eigenvalue weighted by atomic mass is 10.3. The van der Waals surface area contributed by atoms with Gasteiger partial charge in [-0.2, -0.15) is 13.2 Å². The second-order valence-corrected chi connectivity index (χ2v) is 6.63. The summed E-state index contributed by atoms with van der Waals surface area (Å²) < 4.78 is 43.3. The first-order valence-electron chi connectivity index (χ1n) is 7.61. The smallest absolute Gasteiger partial charge is 0.434 e. The largest absolute Gasteiger partial charge is 0.492 e. The Morgan fingerprint density at radius 3 is 2.74 bits per heavy atom. The number of thiazole rings is 1. The molecule has 0 bridgehead atoms. The predicted octanol–water partition coefficient (Wildman–Crippen LogP) is 4.52. The van der Waals surface area contributed by atoms with Crippen LogP contribution in [0.5, 0.6) is 5.75 Å². The van der Waals surface area contributed by atoms with Crippen LogP contribution in [-0.4, -0.2) is 43.1 Å². The first kappa shape index (κ1) is 23.8. The fourth-order valence-electron chi connectivity index (χ4n) is 2.02. The maximum absolute atomic E-state index is 12.6. The third-order valence-electron chi connectivity index (χ3n) is 3.30. The Hall–Kier alpha value is -1.27. The van der Waals surface area contributed by atoms with Crippen LogP contribution in [0, 0.1) is 0 Å². The lowest BCUT2D eigenvalue weighted by Crippen LogP contribution is -2.40. The summed E-state index contributed by atoms with van der Waals surface area (Å²) in [6.45, 7) is 1.08. The van der Waals surface area contributed by atoms with Gasteiger partial charge in [0.2, 0.25) is 0 Å². The Labute approximate surface area is 181 Å². The summed E-state index contributed by atoms with van der Waals surface area (Å²) in [5.74, 6) is 1.19. The molecule has 1 heterocycles. The van der Waals surface area contributed by atoms with E-state index in [1.54, 1.807) is 38.4 Å². The second-order valence-electron chi connectivity index (χ2n) is 5.25. The number of ether oxygens (including phenoxy) is 1. The minimum absolute atomic E-state index is 0. The van der Waals surface area contributed by atoms with Crippen LogP contribution in [-0.2, 0) is 12.7 Å². The predicted molar refractivity (Wildman–Crippen MR) is 112 cm³/mol. The molecule has 0 unspecified atom stereocenters. The van der Waals surface area contributed by atoms with Gasteiger partial charge in [0.1, 0.15) is 17.4 Å². The fraction of sp³-hybridized carbons (Fsp3) is 0.375. The van der Waals surface area contributed by atoms with Crippen LogP contribution in [0.15, 0.2) is 34.6 Å². The van der Waals surface area contributed by atoms with E-state index in [2.05, 4.69) is 15.3 Å². The van der Waals surface area contributed by atoms with Crippen LogP contribution in [0.1, 0.15) is 10.7 Å². The molecule has 0 aliphatic rings. The first-order valence-corrected chi connectivity index (χ1v) is 8.87. The maximum Gasteiger partial charge on any atom is 0.434 e. The van der Waals surface area contributed by atoms with Gasteiger partial charge in [0.15, 0.2) is 11.7 Å². The van der Waals surface area contributed by atoms with Gasteiger partial charge in [0.25, 0.3) is 0 Å². The van der Waals surface area contributed by atoms with Crippen LogP contribution < -0.4 is 10.1 Å². The lowest BCUT2D eigenvalue weighted by Gasteiger charge is -2.21. The first-order chi connectivity index (χ1) is 12.3. The van der Waals surface area contributed by atoms with Gasteiger partial charge in [-0.05, 0) is 18.2 Å². The molecule has 1 aromatic carbocycles. The van der Waals surface area contributed by atoms with Crippen molar-refractivity contribution in [3.63, 3.8) is 0 Å². The van der Waals surface area contributed by atoms with E-state index in [9.17, 15) is 13.2 Å². The zero-order chi connectivity index (χ0) is 19.2. The van der Waals surface area contributed by atoms with Crippen LogP contribution >= 0.6 is 46.9 Å². The summed E-state index contributed by atoms with van der Waals surface area (Å²) in [6, 6.07) is 7.08. The number of aliphatic imine (C=N–C) groups is 1. The molecule has 0 amide bonds. The zero-order valence-electron chi connectivity index (χ0n) is 14.6. The van der Waals surface area contributed by atoms with Gasteiger partial charge in [0, 0.05) is 24.5 Å². The summed E-state index contributed by atoms with van der Waals surface area (Å²) in [5.41, 5.74) is -0.877. The van der Waals surface area contributed by atoms with Crippen molar-refractivity contribution >= 4 is 52.9 Å². The Balaban J connectivity index is 0.00000364. The highest BCUT2D eigenvalue weighted by molar-refractivity contribution is 14.0. The fourth-order valence-corrected chi connectivity index (χ4v) is 2.95. The second kappa shape index (κ2) is 10.9. The topological polar surface area (TPSA) is 49.8 Å². The average molecular weight is 535 g/mol. The highest BCUT2D eigenvalue weighted by Gasteiger charge is 2.33. The molecule has 0 saturated heterocycles. The van der Waals surface area contributed by atoms with Crippen molar-refractivity contribution in [3.8, 4) is 5.75 Å². The zero-order valence-corrected chi connectivity index (χ0v) is 18.5. The van der Waals surface area contributed by atoms with Gasteiger partial charge in [-0.3, -0.25) is 4.99 Å². The molecule has 27 heavy (non-hydrogen) atoms. The van der Waals surface area contributed by atoms with E-state index >= 15 is 0 Å². The number of guanidine groups is 1. The SMILES string of the molecule is CN=C(NCc1nc(C(F)(F)F)cs1)N(C)CCOc1cccc(Cl)c1.I. The van der Waals surface area contributed by atoms with Gasteiger partial charge >= 0.3 is 6.18 Å². The molecule has 0 saturated carbocycles. The van der Waals surface area contributed by atoms with E-state index in [-0.39, 0.29) is 30.5 Å². The van der Waals surface area contributed by atoms with Gasteiger partial charge in [0.05, 0.1) is 13.1 Å². The van der Waals surface area contributed by atoms with E-state index < -0.39 is 11.9 Å². The minimum atomic E-state index is -4.43. The molecule has 0 spiro atoms. The summed E-state index contributed by atoms with van der Waals surface area (Å²) in [6.07, 6.45) is -4.43. The molecule has 0 aliphatic heterocycles. The molecule has 150 valence electrons. The number of hydrogen-bond acceptors (Lipinski definition) is 4. The van der Waals surface area contributed by atoms with Crippen molar-refractivity contribution in [1.82, 2.24) is 15.2 Å². The third-order valence-corrected chi connectivity index (χ3v) is 4.39.